The summed E-state index contributed by atoms with van der Waals surface area (Å²) >= 11 is 0. The highest BCUT2D eigenvalue weighted by Gasteiger charge is 2.14. The van der Waals surface area contributed by atoms with Gasteiger partial charge in [-0.3, -0.25) is 9.59 Å². The fourth-order valence-corrected chi connectivity index (χ4v) is 5.15. The van der Waals surface area contributed by atoms with Gasteiger partial charge in [0.2, 0.25) is 0 Å². The van der Waals surface area contributed by atoms with E-state index in [2.05, 4.69) is 29.4 Å². The highest BCUT2D eigenvalue weighted by atomic mass is 16.6. The van der Waals surface area contributed by atoms with Crippen LogP contribution in [0.2, 0.25) is 0 Å². The van der Waals surface area contributed by atoms with E-state index in [0.29, 0.717) is 30.1 Å². The van der Waals surface area contributed by atoms with Gasteiger partial charge in [-0.1, -0.05) is 56.2 Å². The number of aromatic hydroxyl groups is 1. The highest BCUT2D eigenvalue weighted by molar-refractivity contribution is 6.06. The number of aromatic nitrogens is 1. The number of ether oxygens (including phenoxy) is 1. The zero-order valence-electron chi connectivity index (χ0n) is 25.4. The second kappa shape index (κ2) is 17.8. The highest BCUT2D eigenvalue weighted by Crippen LogP contribution is 2.32. The molecule has 0 saturated heterocycles. The molecule has 8 nitrogen and oxygen atoms in total. The number of hydrogen-bond acceptors (Lipinski definition) is 8. The molecule has 2 aromatic carbocycles. The molecule has 0 bridgehead atoms. The Morgan fingerprint density at radius 3 is 2.58 bits per heavy atom. The lowest BCUT2D eigenvalue weighted by atomic mass is 9.94. The molecule has 0 aliphatic carbocycles. The number of phenolic OH excluding ortho intramolecular Hbond substituents is 1. The minimum Gasteiger partial charge on any atom is -0.504 e. The normalized spacial score (nSPS) is 12.0. The van der Waals surface area contributed by atoms with E-state index in [1.54, 1.807) is 24.4 Å². The van der Waals surface area contributed by atoms with Gasteiger partial charge in [0.1, 0.15) is 11.6 Å². The van der Waals surface area contributed by atoms with E-state index in [0.717, 1.165) is 61.8 Å². The van der Waals surface area contributed by atoms with Crippen molar-refractivity contribution in [3.05, 3.63) is 88.6 Å². The molecule has 0 fully saturated rings. The van der Waals surface area contributed by atoms with Gasteiger partial charge in [-0.25, -0.2) is 4.98 Å². The van der Waals surface area contributed by atoms with Gasteiger partial charge in [-0.05, 0) is 104 Å². The van der Waals surface area contributed by atoms with Crippen molar-refractivity contribution in [2.45, 2.75) is 64.7 Å². The van der Waals surface area contributed by atoms with Crippen LogP contribution in [0.15, 0.2) is 60.8 Å². The monoisotopic (exact) mass is 587 g/mol. The summed E-state index contributed by atoms with van der Waals surface area (Å²) in [6, 6.07) is 15.2. The molecular weight excluding hydrogens is 542 g/mol. The van der Waals surface area contributed by atoms with E-state index in [-0.39, 0.29) is 29.5 Å². The number of nitrogens with zero attached hydrogens (tertiary/aromatic N) is 1. The average molecular weight is 588 g/mol. The zero-order valence-corrected chi connectivity index (χ0v) is 25.4. The Morgan fingerprint density at radius 1 is 1.05 bits per heavy atom. The van der Waals surface area contributed by atoms with Gasteiger partial charge in [-0.15, -0.1) is 0 Å². The number of aryl methyl sites for hydroxylation is 2. The number of carbonyl (C=O) groups excluding carboxylic acids is 2. The first-order valence-corrected chi connectivity index (χ1v) is 15.0. The van der Waals surface area contributed by atoms with Gasteiger partial charge in [0.05, 0.1) is 6.42 Å². The van der Waals surface area contributed by atoms with Crippen LogP contribution in [0.4, 0.5) is 5.82 Å². The standard InChI is InChI=1S/C35H45N3O5/c1-25(22-37-2)9-5-3-8-12-31(40)21-32(41)16-15-27-19-34(43-24-39)33(42)18-29(27)17-30-23-38-35(36)20-28(30)14-13-26-10-6-4-7-11-26/h4,6-7,10-11,15-16,18-20,23,25,37,39,42H,3,5,8-9,12-14,17,21-22,24H2,1-2H3,(H2,36,38)/t25-/m1/s1. The molecule has 1 atom stereocenters. The predicted octanol–water partition coefficient (Wildman–Crippen LogP) is 5.42. The molecular formula is C35H45N3O5. The number of aliphatic hydroxyl groups is 1. The number of rotatable bonds is 19. The van der Waals surface area contributed by atoms with Crippen LogP contribution >= 0.6 is 0 Å². The molecule has 0 aliphatic heterocycles. The lowest BCUT2D eigenvalue weighted by Gasteiger charge is -2.14. The van der Waals surface area contributed by atoms with Gasteiger partial charge in [0.15, 0.2) is 24.1 Å². The van der Waals surface area contributed by atoms with Crippen LogP contribution in [0.25, 0.3) is 6.08 Å². The van der Waals surface area contributed by atoms with E-state index >= 15 is 0 Å². The summed E-state index contributed by atoms with van der Waals surface area (Å²) in [5.41, 5.74) is 10.6. The van der Waals surface area contributed by atoms with Gasteiger partial charge in [-0.2, -0.15) is 0 Å². The Balaban J connectivity index is 1.69. The van der Waals surface area contributed by atoms with E-state index in [4.69, 9.17) is 10.5 Å². The summed E-state index contributed by atoms with van der Waals surface area (Å²) in [5, 5.41) is 23.0. The van der Waals surface area contributed by atoms with Crippen LogP contribution in [0.3, 0.4) is 0 Å². The molecule has 0 radical (unpaired) electrons. The number of nitrogen functional groups attached to an aromatic ring is 1. The number of unbranched alkanes of at least 4 members (excludes halogenated alkanes) is 2. The van der Waals surface area contributed by atoms with Gasteiger partial charge in [0.25, 0.3) is 0 Å². The Morgan fingerprint density at radius 2 is 1.84 bits per heavy atom. The van der Waals surface area contributed by atoms with Crippen LogP contribution in [0, 0.1) is 5.92 Å². The number of nitrogens with one attached hydrogen (secondary N) is 1. The van der Waals surface area contributed by atoms with Crippen LogP contribution in [0.5, 0.6) is 11.5 Å². The zero-order chi connectivity index (χ0) is 31.0. The number of phenols is 1. The van der Waals surface area contributed by atoms with Crippen molar-refractivity contribution in [1.82, 2.24) is 10.3 Å². The summed E-state index contributed by atoms with van der Waals surface area (Å²) in [6.07, 6.45) is 11.0. The third kappa shape index (κ3) is 11.7. The Bertz CT molecular complexity index is 1360. The Labute approximate surface area is 255 Å². The second-order valence-corrected chi connectivity index (χ2v) is 11.1. The van der Waals surface area contributed by atoms with Crippen LogP contribution in [-0.2, 0) is 28.9 Å². The second-order valence-electron chi connectivity index (χ2n) is 11.1. The molecule has 230 valence electrons. The molecule has 5 N–H and O–H groups in total. The number of aliphatic hydroxyl groups excluding tert-OH is 1. The first-order valence-electron chi connectivity index (χ1n) is 15.0. The molecule has 3 aromatic rings. The smallest absolute Gasteiger partial charge is 0.186 e. The molecule has 0 unspecified atom stereocenters. The van der Waals surface area contributed by atoms with Gasteiger partial charge in [0, 0.05) is 12.6 Å². The van der Waals surface area contributed by atoms with Crippen molar-refractivity contribution in [2.24, 2.45) is 5.92 Å². The molecule has 3 rings (SSSR count). The van der Waals surface area contributed by atoms with E-state index in [1.807, 2.05) is 31.3 Å². The maximum atomic E-state index is 12.7. The van der Waals surface area contributed by atoms with E-state index in [1.165, 1.54) is 11.6 Å². The quantitative estimate of drug-likeness (QED) is 0.0632. The number of nitrogens with two attached hydrogens (primary N) is 1. The minimum atomic E-state index is -0.608. The topological polar surface area (TPSA) is 135 Å². The van der Waals surface area contributed by atoms with Crippen molar-refractivity contribution >= 4 is 23.5 Å². The number of carbonyl (C=O) groups is 2. The summed E-state index contributed by atoms with van der Waals surface area (Å²) < 4.78 is 5.17. The molecule has 0 amide bonds. The summed E-state index contributed by atoms with van der Waals surface area (Å²) in [5.74, 6) is 0.659. The van der Waals surface area contributed by atoms with E-state index in [9.17, 15) is 19.8 Å². The summed E-state index contributed by atoms with van der Waals surface area (Å²) in [4.78, 5) is 29.4. The minimum absolute atomic E-state index is 0.0656. The Kier molecular flexibility index (Phi) is 13.9. The number of hydrogen-bond donors (Lipinski definition) is 4. The summed E-state index contributed by atoms with van der Waals surface area (Å²) in [7, 11) is 1.95. The number of Topliss-reactive ketones (excluding diaryl/α,β-unsaturated/α-hetero) is 1. The van der Waals surface area contributed by atoms with Gasteiger partial charge < -0.3 is 26.0 Å². The fourth-order valence-electron chi connectivity index (χ4n) is 5.15. The van der Waals surface area contributed by atoms with Crippen molar-refractivity contribution < 1.29 is 24.5 Å². The number of allylic oxidation sites excluding steroid dienone is 1. The Hall–Kier alpha value is -4.01. The predicted molar refractivity (Wildman–Crippen MR) is 171 cm³/mol. The molecule has 8 heteroatoms. The molecule has 1 heterocycles. The SMILES string of the molecule is CNC[C@H](C)CCCCCC(=O)CC(=O)C=Cc1cc(OCO)c(O)cc1Cc1cnc(N)cc1CCc1ccccc1. The van der Waals surface area contributed by atoms with Gasteiger partial charge >= 0.3 is 0 Å². The third-order valence-corrected chi connectivity index (χ3v) is 7.48. The first-order chi connectivity index (χ1) is 20.8. The number of ketones is 2. The van der Waals surface area contributed by atoms with Crippen LogP contribution in [-0.4, -0.2) is 47.1 Å². The largest absolute Gasteiger partial charge is 0.504 e. The molecule has 43 heavy (non-hydrogen) atoms. The lowest BCUT2D eigenvalue weighted by molar-refractivity contribution is -0.124. The maximum Gasteiger partial charge on any atom is 0.186 e. The summed E-state index contributed by atoms with van der Waals surface area (Å²) in [6.45, 7) is 2.59. The van der Waals surface area contributed by atoms with Crippen LogP contribution < -0.4 is 15.8 Å². The lowest BCUT2D eigenvalue weighted by Crippen LogP contribution is -2.15. The van der Waals surface area contributed by atoms with E-state index < -0.39 is 6.79 Å². The maximum absolute atomic E-state index is 12.7. The number of pyridine rings is 1. The third-order valence-electron chi connectivity index (χ3n) is 7.48. The van der Waals surface area contributed by atoms with Crippen molar-refractivity contribution in [3.63, 3.8) is 0 Å². The average Bonchev–Trinajstić information content (AvgIpc) is 2.98. The number of benzene rings is 2. The molecule has 0 saturated carbocycles. The van der Waals surface area contributed by atoms with Crippen molar-refractivity contribution in [3.8, 4) is 11.5 Å². The first kappa shape index (κ1) is 33.5. The van der Waals surface area contributed by atoms with Crippen LogP contribution in [0.1, 0.15) is 73.3 Å². The number of anilines is 1. The molecule has 1 aromatic heterocycles. The molecule has 0 spiro atoms. The molecule has 0 aliphatic rings. The van der Waals surface area contributed by atoms with Crippen molar-refractivity contribution in [1.29, 1.82) is 0 Å². The van der Waals surface area contributed by atoms with Crippen molar-refractivity contribution in [2.75, 3.05) is 26.1 Å². The fraction of sp³-hybridized carbons (Fsp3) is 0.400.